The largest absolute Gasteiger partial charge is 0.497 e. The van der Waals surface area contributed by atoms with Crippen molar-refractivity contribution in [3.05, 3.63) is 96.1 Å². The maximum absolute atomic E-state index is 14.1. The van der Waals surface area contributed by atoms with Gasteiger partial charge in [0.25, 0.3) is 0 Å². The topological polar surface area (TPSA) is 35.5 Å². The van der Waals surface area contributed by atoms with Gasteiger partial charge in [-0.2, -0.15) is 0 Å². The Balaban J connectivity index is 1.90. The Hall–Kier alpha value is -3.85. The molecule has 0 fully saturated rings. The van der Waals surface area contributed by atoms with Gasteiger partial charge in [0.2, 0.25) is 0 Å². The van der Waals surface area contributed by atoms with Gasteiger partial charge in [0.15, 0.2) is 5.78 Å². The number of hydrogen-bond donors (Lipinski definition) is 0. The molecule has 0 saturated carbocycles. The van der Waals surface area contributed by atoms with E-state index in [4.69, 9.17) is 9.47 Å². The van der Waals surface area contributed by atoms with Gasteiger partial charge in [0.05, 0.1) is 19.8 Å². The quantitative estimate of drug-likeness (QED) is 0.262. The van der Waals surface area contributed by atoms with Gasteiger partial charge in [0.1, 0.15) is 11.5 Å². The van der Waals surface area contributed by atoms with Crippen molar-refractivity contribution in [2.45, 2.75) is 0 Å². The molecule has 5 aromatic carbocycles. The van der Waals surface area contributed by atoms with E-state index in [-0.39, 0.29) is 5.78 Å². The second-order valence-electron chi connectivity index (χ2n) is 7.25. The van der Waals surface area contributed by atoms with E-state index in [0.717, 1.165) is 32.3 Å². The molecule has 0 unspecified atom stereocenters. The highest BCUT2D eigenvalue weighted by Crippen LogP contribution is 2.36. The zero-order chi connectivity index (χ0) is 20.7. The first-order chi connectivity index (χ1) is 14.7. The Morgan fingerprint density at radius 3 is 1.87 bits per heavy atom. The van der Waals surface area contributed by atoms with Crippen LogP contribution in [-0.2, 0) is 0 Å². The molecule has 0 aliphatic heterocycles. The predicted octanol–water partition coefficient (Wildman–Crippen LogP) is 6.39. The van der Waals surface area contributed by atoms with Crippen molar-refractivity contribution in [3.8, 4) is 11.5 Å². The first-order valence-electron chi connectivity index (χ1n) is 9.81. The van der Waals surface area contributed by atoms with Gasteiger partial charge in [-0.3, -0.25) is 4.79 Å². The van der Waals surface area contributed by atoms with Crippen LogP contribution < -0.4 is 9.47 Å². The molecule has 5 rings (SSSR count). The fourth-order valence-electron chi connectivity index (χ4n) is 4.19. The van der Waals surface area contributed by atoms with Crippen LogP contribution in [-0.4, -0.2) is 20.0 Å². The summed E-state index contributed by atoms with van der Waals surface area (Å²) in [5.41, 5.74) is 1.24. The van der Waals surface area contributed by atoms with Gasteiger partial charge in [0, 0.05) is 10.9 Å². The van der Waals surface area contributed by atoms with Crippen molar-refractivity contribution in [1.29, 1.82) is 0 Å². The standard InChI is InChI=1S/C27H20O3/c1-29-20-13-11-17-12-14-24(30-2)26(23(17)16-20)27(28)25-21-9-5-3-7-18(21)15-19-8-4-6-10-22(19)25/h3-16H,1-2H3. The van der Waals surface area contributed by atoms with Crippen LogP contribution in [0.3, 0.4) is 0 Å². The zero-order valence-corrected chi connectivity index (χ0v) is 16.8. The third-order valence-corrected chi connectivity index (χ3v) is 5.64. The number of benzene rings is 5. The summed E-state index contributed by atoms with van der Waals surface area (Å²) in [6.45, 7) is 0. The van der Waals surface area contributed by atoms with Crippen molar-refractivity contribution in [2.24, 2.45) is 0 Å². The van der Waals surface area contributed by atoms with Gasteiger partial charge in [-0.15, -0.1) is 0 Å². The lowest BCUT2D eigenvalue weighted by molar-refractivity contribution is 0.104. The molecule has 3 nitrogen and oxygen atoms in total. The van der Waals surface area contributed by atoms with Gasteiger partial charge in [-0.05, 0) is 51.2 Å². The Bertz CT molecular complexity index is 1370. The molecule has 0 spiro atoms. The van der Waals surface area contributed by atoms with E-state index >= 15 is 0 Å². The molecule has 30 heavy (non-hydrogen) atoms. The summed E-state index contributed by atoms with van der Waals surface area (Å²) in [5, 5.41) is 5.72. The molecule has 146 valence electrons. The average molecular weight is 392 g/mol. The first kappa shape index (κ1) is 18.2. The number of fused-ring (bicyclic) bond motifs is 3. The molecule has 0 saturated heterocycles. The van der Waals surface area contributed by atoms with E-state index in [1.165, 1.54) is 0 Å². The number of hydrogen-bond acceptors (Lipinski definition) is 3. The first-order valence-corrected chi connectivity index (χ1v) is 9.81. The second-order valence-corrected chi connectivity index (χ2v) is 7.25. The molecule has 3 heteroatoms. The summed E-state index contributed by atoms with van der Waals surface area (Å²) in [6, 6.07) is 27.7. The number of carbonyl (C=O) groups excluding carboxylic acids is 1. The van der Waals surface area contributed by atoms with E-state index in [1.54, 1.807) is 14.2 Å². The van der Waals surface area contributed by atoms with Gasteiger partial charge < -0.3 is 9.47 Å². The molecular weight excluding hydrogens is 372 g/mol. The molecule has 0 aliphatic carbocycles. The summed E-state index contributed by atoms with van der Waals surface area (Å²) in [5.74, 6) is 1.20. The molecule has 0 bridgehead atoms. The van der Waals surface area contributed by atoms with Crippen LogP contribution in [0.25, 0.3) is 32.3 Å². The molecule has 0 radical (unpaired) electrons. The smallest absolute Gasteiger partial charge is 0.198 e. The summed E-state index contributed by atoms with van der Waals surface area (Å²) in [4.78, 5) is 14.1. The summed E-state index contributed by atoms with van der Waals surface area (Å²) in [7, 11) is 3.22. The zero-order valence-electron chi connectivity index (χ0n) is 16.8. The average Bonchev–Trinajstić information content (AvgIpc) is 2.80. The second kappa shape index (κ2) is 7.20. The molecule has 0 atom stereocenters. The third kappa shape index (κ3) is 2.79. The van der Waals surface area contributed by atoms with Crippen molar-refractivity contribution in [3.63, 3.8) is 0 Å². The highest BCUT2D eigenvalue weighted by Gasteiger charge is 2.22. The molecule has 5 aromatic rings. The normalized spacial score (nSPS) is 11.1. The predicted molar refractivity (Wildman–Crippen MR) is 122 cm³/mol. The third-order valence-electron chi connectivity index (χ3n) is 5.64. The fraction of sp³-hybridized carbons (Fsp3) is 0.0741. The van der Waals surface area contributed by atoms with Gasteiger partial charge in [-0.25, -0.2) is 0 Å². The lowest BCUT2D eigenvalue weighted by Gasteiger charge is -2.15. The number of ketones is 1. The Morgan fingerprint density at radius 2 is 1.23 bits per heavy atom. The highest BCUT2D eigenvalue weighted by atomic mass is 16.5. The summed E-state index contributed by atoms with van der Waals surface area (Å²) in [6.07, 6.45) is 0. The number of carbonyl (C=O) groups is 1. The van der Waals surface area contributed by atoms with Crippen LogP contribution in [0, 0.1) is 0 Å². The molecule has 0 aromatic heterocycles. The number of methoxy groups -OCH3 is 2. The van der Waals surface area contributed by atoms with Gasteiger partial charge >= 0.3 is 0 Å². The fourth-order valence-corrected chi connectivity index (χ4v) is 4.19. The van der Waals surface area contributed by atoms with Crippen LogP contribution in [0.4, 0.5) is 0 Å². The lowest BCUT2D eigenvalue weighted by atomic mass is 9.89. The molecule has 0 heterocycles. The van der Waals surface area contributed by atoms with Crippen molar-refractivity contribution in [1.82, 2.24) is 0 Å². The molecule has 0 N–H and O–H groups in total. The Labute approximate surface area is 174 Å². The van der Waals surface area contributed by atoms with Crippen LogP contribution in [0.15, 0.2) is 84.9 Å². The Kier molecular flexibility index (Phi) is 4.36. The molecular formula is C27H20O3. The maximum atomic E-state index is 14.1. The van der Waals surface area contributed by atoms with E-state index in [2.05, 4.69) is 6.07 Å². The van der Waals surface area contributed by atoms with Crippen molar-refractivity contribution in [2.75, 3.05) is 14.2 Å². The van der Waals surface area contributed by atoms with Crippen LogP contribution in [0.1, 0.15) is 15.9 Å². The number of rotatable bonds is 4. The summed E-state index contributed by atoms with van der Waals surface area (Å²) >= 11 is 0. The van der Waals surface area contributed by atoms with Crippen molar-refractivity contribution < 1.29 is 14.3 Å². The monoisotopic (exact) mass is 392 g/mol. The number of ether oxygens (including phenoxy) is 2. The van der Waals surface area contributed by atoms with E-state index < -0.39 is 0 Å². The summed E-state index contributed by atoms with van der Waals surface area (Å²) < 4.78 is 11.1. The lowest BCUT2D eigenvalue weighted by Crippen LogP contribution is -2.07. The SMILES string of the molecule is COc1ccc2ccc(OC)c(C(=O)c3c4ccccc4cc4ccccc34)c2c1. The Morgan fingerprint density at radius 1 is 0.600 bits per heavy atom. The van der Waals surface area contributed by atoms with Crippen LogP contribution in [0.2, 0.25) is 0 Å². The highest BCUT2D eigenvalue weighted by molar-refractivity contribution is 6.28. The van der Waals surface area contributed by atoms with E-state index in [0.29, 0.717) is 22.6 Å². The maximum Gasteiger partial charge on any atom is 0.198 e. The minimum Gasteiger partial charge on any atom is -0.497 e. The van der Waals surface area contributed by atoms with Gasteiger partial charge in [-0.1, -0.05) is 60.7 Å². The van der Waals surface area contributed by atoms with E-state index in [1.807, 2.05) is 78.9 Å². The molecule has 0 amide bonds. The van der Waals surface area contributed by atoms with Crippen LogP contribution >= 0.6 is 0 Å². The van der Waals surface area contributed by atoms with E-state index in [9.17, 15) is 4.79 Å². The van der Waals surface area contributed by atoms with Crippen molar-refractivity contribution >= 4 is 38.1 Å². The minimum absolute atomic E-state index is 0.0568. The molecule has 0 aliphatic rings. The minimum atomic E-state index is -0.0568. The van der Waals surface area contributed by atoms with Crippen LogP contribution in [0.5, 0.6) is 11.5 Å².